The predicted octanol–water partition coefficient (Wildman–Crippen LogP) is 5.73. The van der Waals surface area contributed by atoms with Crippen LogP contribution in [-0.4, -0.2) is 72.0 Å². The van der Waals surface area contributed by atoms with Gasteiger partial charge in [-0.15, -0.1) is 0 Å². The van der Waals surface area contributed by atoms with Crippen LogP contribution < -0.4 is 5.32 Å². The number of hydrogen-bond donors (Lipinski definition) is 3. The summed E-state index contributed by atoms with van der Waals surface area (Å²) in [5.74, 6) is -0.370. The first-order chi connectivity index (χ1) is 23.5. The molecule has 0 saturated carbocycles. The van der Waals surface area contributed by atoms with E-state index in [0.29, 0.717) is 6.54 Å². The lowest BCUT2D eigenvalue weighted by Crippen LogP contribution is -2.34. The highest BCUT2D eigenvalue weighted by molar-refractivity contribution is 5.84. The van der Waals surface area contributed by atoms with Crippen molar-refractivity contribution < 1.29 is 34.0 Å². The van der Waals surface area contributed by atoms with E-state index in [1.54, 1.807) is 7.05 Å². The monoisotopic (exact) mass is 668 g/mol. The Bertz CT molecular complexity index is 1570. The molecular weight excluding hydrogens is 620 g/mol. The topological polar surface area (TPSA) is 124 Å². The van der Waals surface area contributed by atoms with Gasteiger partial charge in [-0.3, -0.25) is 4.79 Å². The van der Waals surface area contributed by atoms with Gasteiger partial charge >= 0.3 is 5.97 Å². The smallest absolute Gasteiger partial charge is 0.338 e. The molecule has 2 heterocycles. The van der Waals surface area contributed by atoms with Gasteiger partial charge in [0.05, 0.1) is 18.8 Å². The number of carbonyl (C=O) groups excluding carboxylic acids is 2. The number of aliphatic hydroxyl groups is 2. The number of ether oxygens (including phenoxy) is 3. The van der Waals surface area contributed by atoms with Gasteiger partial charge in [-0.2, -0.15) is 0 Å². The van der Waals surface area contributed by atoms with Crippen molar-refractivity contribution in [2.45, 2.75) is 63.0 Å². The summed E-state index contributed by atoms with van der Waals surface area (Å²) in [6.07, 6.45) is -2.23. The van der Waals surface area contributed by atoms with E-state index in [2.05, 4.69) is 5.32 Å². The minimum absolute atomic E-state index is 0.0937. The third-order valence-corrected chi connectivity index (χ3v) is 7.71. The fraction of sp³-hybridized carbons (Fsp3) is 0.350. The first-order valence-corrected chi connectivity index (χ1v) is 16.5. The average Bonchev–Trinajstić information content (AvgIpc) is 4.04. The number of hydrogen-bond acceptors (Lipinski definition) is 8. The third kappa shape index (κ3) is 11.9. The summed E-state index contributed by atoms with van der Waals surface area (Å²) in [5, 5.41) is 22.6. The summed E-state index contributed by atoms with van der Waals surface area (Å²) in [6, 6.07) is 38.4. The highest BCUT2D eigenvalue weighted by Gasteiger charge is 2.48. The number of benzene rings is 4. The summed E-state index contributed by atoms with van der Waals surface area (Å²) in [4.78, 5) is 25.5. The van der Waals surface area contributed by atoms with Crippen LogP contribution in [0.1, 0.15) is 67.4 Å². The number of aliphatic hydroxyl groups excluding tert-OH is 2. The molecule has 260 valence electrons. The van der Waals surface area contributed by atoms with Gasteiger partial charge in [0, 0.05) is 13.6 Å². The van der Waals surface area contributed by atoms with Crippen LogP contribution in [0.3, 0.4) is 0 Å². The Hall–Kier alpha value is -4.38. The number of esters is 1. The van der Waals surface area contributed by atoms with Crippen molar-refractivity contribution in [1.82, 2.24) is 10.2 Å². The van der Waals surface area contributed by atoms with Crippen LogP contribution in [0.15, 0.2) is 121 Å². The number of likely N-dealkylation sites (N-methyl/N-ethyl adjacent to an activating group) is 2. The Morgan fingerprint density at radius 1 is 0.714 bits per heavy atom. The van der Waals surface area contributed by atoms with Crippen molar-refractivity contribution >= 4 is 11.9 Å². The molecule has 4 aromatic carbocycles. The Labute approximate surface area is 289 Å². The SMILES string of the molecule is CC(C)(C)OC(=O)[C@H]1O[C@@H]1c1ccccc1.CN(CC(O)c1ccccc1)C(=O)[C@H]1O[C@@H]1c1ccccc1.CNCC(O)c1ccccc1. The molecule has 0 aliphatic carbocycles. The average molecular weight is 669 g/mol. The molecule has 0 spiro atoms. The van der Waals surface area contributed by atoms with Crippen molar-refractivity contribution in [2.75, 3.05) is 27.2 Å². The van der Waals surface area contributed by atoms with Crippen LogP contribution in [0.2, 0.25) is 0 Å². The van der Waals surface area contributed by atoms with Crippen LogP contribution in [0, 0.1) is 0 Å². The van der Waals surface area contributed by atoms with Gasteiger partial charge in [0.1, 0.15) is 17.8 Å². The van der Waals surface area contributed by atoms with Gasteiger partial charge in [-0.25, -0.2) is 4.79 Å². The van der Waals surface area contributed by atoms with Crippen LogP contribution in [0.25, 0.3) is 0 Å². The van der Waals surface area contributed by atoms with Gasteiger partial charge in [0.15, 0.2) is 12.2 Å². The van der Waals surface area contributed by atoms with E-state index in [9.17, 15) is 19.8 Å². The van der Waals surface area contributed by atoms with Gasteiger partial charge in [0.2, 0.25) is 0 Å². The first kappa shape index (κ1) is 37.4. The number of nitrogens with one attached hydrogen (secondary N) is 1. The number of epoxide rings is 2. The molecule has 6 rings (SSSR count). The van der Waals surface area contributed by atoms with Gasteiger partial charge in [0.25, 0.3) is 5.91 Å². The third-order valence-electron chi connectivity index (χ3n) is 7.71. The van der Waals surface area contributed by atoms with E-state index in [-0.39, 0.29) is 36.7 Å². The molecule has 3 N–H and O–H groups in total. The molecule has 9 nitrogen and oxygen atoms in total. The van der Waals surface area contributed by atoms with Gasteiger partial charge in [-0.05, 0) is 50.1 Å². The maximum Gasteiger partial charge on any atom is 0.338 e. The molecule has 6 atom stereocenters. The minimum Gasteiger partial charge on any atom is -0.458 e. The molecule has 4 aromatic rings. The summed E-state index contributed by atoms with van der Waals surface area (Å²) in [6.45, 7) is 6.41. The molecule has 49 heavy (non-hydrogen) atoms. The normalized spacial score (nSPS) is 20.2. The van der Waals surface area contributed by atoms with Crippen LogP contribution >= 0.6 is 0 Å². The van der Waals surface area contributed by atoms with Crippen LogP contribution in [0.5, 0.6) is 0 Å². The minimum atomic E-state index is -0.691. The van der Waals surface area contributed by atoms with Gasteiger partial charge < -0.3 is 34.6 Å². The van der Waals surface area contributed by atoms with Crippen molar-refractivity contribution in [1.29, 1.82) is 0 Å². The van der Waals surface area contributed by atoms with Crippen molar-refractivity contribution in [3.63, 3.8) is 0 Å². The number of amides is 1. The number of rotatable bonds is 10. The lowest BCUT2D eigenvalue weighted by Gasteiger charge is -2.20. The Morgan fingerprint density at radius 3 is 1.57 bits per heavy atom. The van der Waals surface area contributed by atoms with E-state index < -0.39 is 23.9 Å². The predicted molar refractivity (Wildman–Crippen MR) is 188 cm³/mol. The molecule has 2 fully saturated rings. The second-order valence-corrected chi connectivity index (χ2v) is 12.9. The molecule has 2 unspecified atom stereocenters. The lowest BCUT2D eigenvalue weighted by molar-refractivity contribution is -0.156. The molecule has 2 aliphatic rings. The number of nitrogens with zero attached hydrogens (tertiary/aromatic N) is 1. The first-order valence-electron chi connectivity index (χ1n) is 16.5. The Balaban J connectivity index is 0.000000176. The zero-order chi connectivity index (χ0) is 35.4. The largest absolute Gasteiger partial charge is 0.458 e. The maximum atomic E-state index is 12.3. The molecule has 0 aromatic heterocycles. The molecule has 9 heteroatoms. The number of carbonyl (C=O) groups is 2. The maximum absolute atomic E-state index is 12.3. The van der Waals surface area contributed by atoms with E-state index in [4.69, 9.17) is 14.2 Å². The van der Waals surface area contributed by atoms with Crippen molar-refractivity contribution in [3.05, 3.63) is 144 Å². The van der Waals surface area contributed by atoms with E-state index in [0.717, 1.165) is 22.3 Å². The van der Waals surface area contributed by atoms with Crippen LogP contribution in [-0.2, 0) is 23.8 Å². The highest BCUT2D eigenvalue weighted by atomic mass is 16.6. The second-order valence-electron chi connectivity index (χ2n) is 12.9. The van der Waals surface area contributed by atoms with Gasteiger partial charge in [-0.1, -0.05) is 121 Å². The Morgan fingerprint density at radius 2 is 1.12 bits per heavy atom. The highest BCUT2D eigenvalue weighted by Crippen LogP contribution is 2.40. The second kappa shape index (κ2) is 17.9. The van der Waals surface area contributed by atoms with E-state index in [1.807, 2.05) is 149 Å². The quantitative estimate of drug-likeness (QED) is 0.145. The summed E-state index contributed by atoms with van der Waals surface area (Å²) in [7, 11) is 3.52. The lowest BCUT2D eigenvalue weighted by atomic mass is 10.1. The van der Waals surface area contributed by atoms with Crippen molar-refractivity contribution in [3.8, 4) is 0 Å². The van der Waals surface area contributed by atoms with Crippen LogP contribution in [0.4, 0.5) is 0 Å². The molecule has 0 radical (unpaired) electrons. The summed E-state index contributed by atoms with van der Waals surface area (Å²) in [5.41, 5.74) is 3.35. The Kier molecular flexibility index (Phi) is 13.6. The van der Waals surface area contributed by atoms with E-state index in [1.165, 1.54) is 4.90 Å². The molecular formula is C40H48N2O7. The summed E-state index contributed by atoms with van der Waals surface area (Å²) < 4.78 is 16.1. The van der Waals surface area contributed by atoms with Crippen molar-refractivity contribution in [2.24, 2.45) is 0 Å². The van der Waals surface area contributed by atoms with E-state index >= 15 is 0 Å². The fourth-order valence-corrected chi connectivity index (χ4v) is 5.08. The zero-order valence-corrected chi connectivity index (χ0v) is 28.8. The molecule has 1 amide bonds. The molecule has 0 bridgehead atoms. The molecule has 2 saturated heterocycles. The standard InChI is InChI=1S/C18H19NO3.C13H16O3.C9H13NO/c1-19(12-15(20)13-8-4-2-5-9-13)18(21)17-16(22-17)14-10-6-3-7-11-14;1-13(2,3)16-12(14)11-10(15-11)9-7-5-4-6-8-9;1-10-7-9(11)8-5-3-2-4-6-8/h2-11,15-17,20H,12H2,1H3;4-8,10-11H,1-3H3;2-6,9-11H,7H2,1H3/t15?,16-,17+;10-,11+;/m11./s1. The summed E-state index contributed by atoms with van der Waals surface area (Å²) >= 11 is 0. The zero-order valence-electron chi connectivity index (χ0n) is 28.8. The fourth-order valence-electron chi connectivity index (χ4n) is 5.08. The molecule has 2 aliphatic heterocycles.